The summed E-state index contributed by atoms with van der Waals surface area (Å²) in [5.41, 5.74) is 1.64. The lowest BCUT2D eigenvalue weighted by atomic mass is 9.95. The SMILES string of the molecule is COc1ccc(C(=O)OCCOC(=O)c2ccc(C3OCC(C)(C)CO3)cc2)cc1. The lowest BCUT2D eigenvalue weighted by Crippen LogP contribution is -2.33. The van der Waals surface area contributed by atoms with Crippen LogP contribution in [0.1, 0.15) is 46.4 Å². The molecule has 0 bridgehead atoms. The Morgan fingerprint density at radius 2 is 1.33 bits per heavy atom. The van der Waals surface area contributed by atoms with Gasteiger partial charge in [0.05, 0.1) is 31.5 Å². The van der Waals surface area contributed by atoms with Crippen molar-refractivity contribution in [2.75, 3.05) is 33.5 Å². The number of ether oxygens (including phenoxy) is 5. The van der Waals surface area contributed by atoms with Crippen molar-refractivity contribution >= 4 is 11.9 Å². The third-order valence-corrected chi connectivity index (χ3v) is 4.54. The molecule has 2 aromatic rings. The van der Waals surface area contributed by atoms with E-state index in [9.17, 15) is 9.59 Å². The normalized spacial score (nSPS) is 16.0. The van der Waals surface area contributed by atoms with Gasteiger partial charge < -0.3 is 23.7 Å². The topological polar surface area (TPSA) is 80.3 Å². The summed E-state index contributed by atoms with van der Waals surface area (Å²) in [6.07, 6.45) is -0.430. The number of hydrogen-bond donors (Lipinski definition) is 0. The molecule has 0 unspecified atom stereocenters. The van der Waals surface area contributed by atoms with Crippen molar-refractivity contribution < 1.29 is 33.3 Å². The molecule has 7 heteroatoms. The summed E-state index contributed by atoms with van der Waals surface area (Å²) in [5, 5.41) is 0. The van der Waals surface area contributed by atoms with E-state index >= 15 is 0 Å². The summed E-state index contributed by atoms with van der Waals surface area (Å²) in [5.74, 6) is -0.334. The number of methoxy groups -OCH3 is 1. The molecular weight excluding hydrogens is 388 g/mol. The van der Waals surface area contributed by atoms with E-state index < -0.39 is 18.2 Å². The second kappa shape index (κ2) is 9.73. The highest BCUT2D eigenvalue weighted by Gasteiger charge is 2.29. The van der Waals surface area contributed by atoms with Crippen molar-refractivity contribution in [1.29, 1.82) is 0 Å². The van der Waals surface area contributed by atoms with Crippen LogP contribution in [0.3, 0.4) is 0 Å². The predicted molar refractivity (Wildman–Crippen MR) is 108 cm³/mol. The Morgan fingerprint density at radius 3 is 1.80 bits per heavy atom. The largest absolute Gasteiger partial charge is 0.497 e. The molecule has 0 atom stereocenters. The first-order chi connectivity index (χ1) is 14.4. The smallest absolute Gasteiger partial charge is 0.338 e. The fourth-order valence-corrected chi connectivity index (χ4v) is 2.82. The molecule has 30 heavy (non-hydrogen) atoms. The van der Waals surface area contributed by atoms with Crippen LogP contribution >= 0.6 is 0 Å². The number of carbonyl (C=O) groups is 2. The highest BCUT2D eigenvalue weighted by molar-refractivity contribution is 5.90. The number of rotatable bonds is 7. The van der Waals surface area contributed by atoms with Crippen molar-refractivity contribution in [3.63, 3.8) is 0 Å². The van der Waals surface area contributed by atoms with Gasteiger partial charge in [-0.2, -0.15) is 0 Å². The monoisotopic (exact) mass is 414 g/mol. The molecule has 3 rings (SSSR count). The second-order valence-electron chi connectivity index (χ2n) is 7.74. The molecule has 1 fully saturated rings. The average molecular weight is 414 g/mol. The number of hydrogen-bond acceptors (Lipinski definition) is 7. The van der Waals surface area contributed by atoms with Gasteiger partial charge in [-0.3, -0.25) is 0 Å². The minimum absolute atomic E-state index is 0.00290. The van der Waals surface area contributed by atoms with Crippen LogP contribution in [0.2, 0.25) is 0 Å². The zero-order valence-corrected chi connectivity index (χ0v) is 17.4. The first-order valence-corrected chi connectivity index (χ1v) is 9.69. The van der Waals surface area contributed by atoms with Crippen LogP contribution in [0.4, 0.5) is 0 Å². The number of benzene rings is 2. The molecule has 1 heterocycles. The van der Waals surface area contributed by atoms with Gasteiger partial charge in [0.1, 0.15) is 19.0 Å². The number of esters is 2. The highest BCUT2D eigenvalue weighted by atomic mass is 16.7. The van der Waals surface area contributed by atoms with Crippen LogP contribution in [0, 0.1) is 5.41 Å². The van der Waals surface area contributed by atoms with Gasteiger partial charge in [0, 0.05) is 11.0 Å². The summed E-state index contributed by atoms with van der Waals surface area (Å²) < 4.78 is 26.8. The third kappa shape index (κ3) is 5.81. The van der Waals surface area contributed by atoms with E-state index in [1.54, 1.807) is 55.6 Å². The highest BCUT2D eigenvalue weighted by Crippen LogP contribution is 2.31. The van der Waals surface area contributed by atoms with Crippen molar-refractivity contribution in [2.45, 2.75) is 20.1 Å². The zero-order chi connectivity index (χ0) is 21.6. The lowest BCUT2D eigenvalue weighted by molar-refractivity contribution is -0.226. The van der Waals surface area contributed by atoms with Crippen LogP contribution in [0.15, 0.2) is 48.5 Å². The van der Waals surface area contributed by atoms with E-state index in [-0.39, 0.29) is 18.6 Å². The van der Waals surface area contributed by atoms with E-state index in [1.807, 2.05) is 0 Å². The van der Waals surface area contributed by atoms with Crippen LogP contribution in [0.25, 0.3) is 0 Å². The molecule has 2 aromatic carbocycles. The Morgan fingerprint density at radius 1 is 0.867 bits per heavy atom. The molecule has 0 amide bonds. The number of carbonyl (C=O) groups excluding carboxylic acids is 2. The maximum Gasteiger partial charge on any atom is 0.338 e. The molecule has 0 saturated carbocycles. The minimum atomic E-state index is -0.492. The molecule has 160 valence electrons. The Labute approximate surface area is 175 Å². The van der Waals surface area contributed by atoms with Crippen molar-refractivity contribution in [3.8, 4) is 5.75 Å². The molecule has 1 saturated heterocycles. The quantitative estimate of drug-likeness (QED) is 0.504. The molecule has 0 aliphatic carbocycles. The standard InChI is InChI=1S/C23H26O7/c1-23(2)14-29-22(30-15-23)18-6-4-16(5-7-18)20(24)27-12-13-28-21(25)17-8-10-19(26-3)11-9-17/h4-11,22H,12-15H2,1-3H3. The molecule has 0 N–H and O–H groups in total. The maximum atomic E-state index is 12.2. The van der Waals surface area contributed by atoms with Crippen molar-refractivity contribution in [3.05, 3.63) is 65.2 Å². The summed E-state index contributed by atoms with van der Waals surface area (Å²) in [6, 6.07) is 13.4. The summed E-state index contributed by atoms with van der Waals surface area (Å²) in [4.78, 5) is 24.1. The molecule has 1 aliphatic rings. The first-order valence-electron chi connectivity index (χ1n) is 9.69. The molecule has 7 nitrogen and oxygen atoms in total. The minimum Gasteiger partial charge on any atom is -0.497 e. The molecule has 0 spiro atoms. The van der Waals surface area contributed by atoms with E-state index in [0.717, 1.165) is 5.56 Å². The summed E-state index contributed by atoms with van der Waals surface area (Å²) in [6.45, 7) is 5.31. The van der Waals surface area contributed by atoms with Gasteiger partial charge in [-0.1, -0.05) is 26.0 Å². The Kier molecular flexibility index (Phi) is 7.07. The van der Waals surface area contributed by atoms with Gasteiger partial charge in [-0.15, -0.1) is 0 Å². The van der Waals surface area contributed by atoms with Gasteiger partial charge in [-0.25, -0.2) is 9.59 Å². The third-order valence-electron chi connectivity index (χ3n) is 4.54. The van der Waals surface area contributed by atoms with E-state index in [1.165, 1.54) is 0 Å². The van der Waals surface area contributed by atoms with E-state index in [0.29, 0.717) is 30.1 Å². The van der Waals surface area contributed by atoms with Crippen LogP contribution in [-0.4, -0.2) is 45.5 Å². The van der Waals surface area contributed by atoms with Gasteiger partial charge in [0.25, 0.3) is 0 Å². The van der Waals surface area contributed by atoms with E-state index in [2.05, 4.69) is 13.8 Å². The molecular formula is C23H26O7. The van der Waals surface area contributed by atoms with Crippen LogP contribution < -0.4 is 4.74 Å². The lowest BCUT2D eigenvalue weighted by Gasteiger charge is -2.34. The summed E-state index contributed by atoms with van der Waals surface area (Å²) >= 11 is 0. The Balaban J connectivity index is 1.42. The average Bonchev–Trinajstić information content (AvgIpc) is 2.76. The molecule has 0 aromatic heterocycles. The van der Waals surface area contributed by atoms with Crippen LogP contribution in [0.5, 0.6) is 5.75 Å². The molecule has 0 radical (unpaired) electrons. The fourth-order valence-electron chi connectivity index (χ4n) is 2.82. The second-order valence-corrected chi connectivity index (χ2v) is 7.74. The van der Waals surface area contributed by atoms with Gasteiger partial charge in [0.15, 0.2) is 6.29 Å². The first kappa shape index (κ1) is 21.8. The van der Waals surface area contributed by atoms with E-state index in [4.69, 9.17) is 23.7 Å². The molecule has 1 aliphatic heterocycles. The van der Waals surface area contributed by atoms with Crippen LogP contribution in [-0.2, 0) is 18.9 Å². The fraction of sp³-hybridized carbons (Fsp3) is 0.391. The van der Waals surface area contributed by atoms with Crippen molar-refractivity contribution in [1.82, 2.24) is 0 Å². The summed E-state index contributed by atoms with van der Waals surface area (Å²) in [7, 11) is 1.55. The van der Waals surface area contributed by atoms with Crippen molar-refractivity contribution in [2.24, 2.45) is 5.41 Å². The zero-order valence-electron chi connectivity index (χ0n) is 17.4. The Hall–Kier alpha value is -2.90. The van der Waals surface area contributed by atoms with Gasteiger partial charge >= 0.3 is 11.9 Å². The maximum absolute atomic E-state index is 12.2. The van der Waals surface area contributed by atoms with Gasteiger partial charge in [0.2, 0.25) is 0 Å². The Bertz CT molecular complexity index is 846. The van der Waals surface area contributed by atoms with Gasteiger partial charge in [-0.05, 0) is 36.4 Å². The predicted octanol–water partition coefficient (Wildman–Crippen LogP) is 3.78.